The van der Waals surface area contributed by atoms with Crippen LogP contribution in [0.25, 0.3) is 0 Å². The zero-order chi connectivity index (χ0) is 16.5. The number of carbonyl (C=O) groups excluding carboxylic acids is 1. The van der Waals surface area contributed by atoms with Crippen molar-refractivity contribution in [2.24, 2.45) is 0 Å². The molecule has 1 saturated heterocycles. The van der Waals surface area contributed by atoms with Crippen molar-refractivity contribution in [2.75, 3.05) is 13.1 Å². The van der Waals surface area contributed by atoms with E-state index in [-0.39, 0.29) is 5.91 Å². The highest BCUT2D eigenvalue weighted by Gasteiger charge is 2.30. The maximum atomic E-state index is 12.8. The van der Waals surface area contributed by atoms with Gasteiger partial charge < -0.3 is 9.47 Å². The number of thiazole rings is 1. The summed E-state index contributed by atoms with van der Waals surface area (Å²) in [6.07, 6.45) is 6.82. The minimum Gasteiger partial charge on any atom is -0.337 e. The van der Waals surface area contributed by atoms with E-state index in [1.54, 1.807) is 5.51 Å². The smallest absolute Gasteiger partial charge is 0.265 e. The number of amides is 1. The van der Waals surface area contributed by atoms with Gasteiger partial charge in [0.05, 0.1) is 11.2 Å². The van der Waals surface area contributed by atoms with Crippen molar-refractivity contribution < 1.29 is 4.79 Å². The van der Waals surface area contributed by atoms with Gasteiger partial charge in [0, 0.05) is 32.0 Å². The second-order valence-corrected chi connectivity index (χ2v) is 7.65. The van der Waals surface area contributed by atoms with Gasteiger partial charge in [0.2, 0.25) is 0 Å². The summed E-state index contributed by atoms with van der Waals surface area (Å²) in [5, 5.41) is 8.93. The molecule has 0 spiro atoms. The van der Waals surface area contributed by atoms with Crippen LogP contribution < -0.4 is 0 Å². The minimum absolute atomic E-state index is 0.121. The largest absolute Gasteiger partial charge is 0.337 e. The van der Waals surface area contributed by atoms with E-state index >= 15 is 0 Å². The average molecular weight is 345 g/mol. The van der Waals surface area contributed by atoms with Crippen LogP contribution in [0.2, 0.25) is 0 Å². The molecule has 7 heteroatoms. The number of piperidine rings is 1. The molecule has 4 heterocycles. The Hall–Kier alpha value is -1.76. The Labute approximate surface area is 145 Å². The van der Waals surface area contributed by atoms with Gasteiger partial charge >= 0.3 is 0 Å². The first-order chi connectivity index (χ1) is 11.7. The van der Waals surface area contributed by atoms with Crippen molar-refractivity contribution >= 4 is 17.2 Å². The lowest BCUT2D eigenvalue weighted by molar-refractivity contribution is 0.0707. The summed E-state index contributed by atoms with van der Waals surface area (Å²) < 4.78 is 2.32. The molecule has 2 aliphatic heterocycles. The van der Waals surface area contributed by atoms with Crippen LogP contribution >= 0.6 is 11.3 Å². The Morgan fingerprint density at radius 3 is 2.96 bits per heavy atom. The highest BCUT2D eigenvalue weighted by molar-refractivity contribution is 7.11. The van der Waals surface area contributed by atoms with E-state index in [0.29, 0.717) is 5.92 Å². The van der Waals surface area contributed by atoms with Gasteiger partial charge in [0.25, 0.3) is 5.91 Å². The van der Waals surface area contributed by atoms with Crippen LogP contribution in [0.1, 0.15) is 65.0 Å². The molecule has 2 aliphatic rings. The van der Waals surface area contributed by atoms with E-state index in [1.165, 1.54) is 30.6 Å². The summed E-state index contributed by atoms with van der Waals surface area (Å²) in [5.74, 6) is 2.64. The van der Waals surface area contributed by atoms with E-state index in [1.807, 2.05) is 11.8 Å². The number of likely N-dealkylation sites (tertiary alicyclic amines) is 1. The monoisotopic (exact) mass is 345 g/mol. The molecule has 1 atom stereocenters. The summed E-state index contributed by atoms with van der Waals surface area (Å²) in [6.45, 7) is 4.50. The number of nitrogens with zero attached hydrogens (tertiary/aromatic N) is 5. The lowest BCUT2D eigenvalue weighted by Crippen LogP contribution is -2.39. The zero-order valence-electron chi connectivity index (χ0n) is 14.1. The van der Waals surface area contributed by atoms with Gasteiger partial charge in [0.1, 0.15) is 16.5 Å². The van der Waals surface area contributed by atoms with Crippen molar-refractivity contribution in [3.63, 3.8) is 0 Å². The lowest BCUT2D eigenvalue weighted by atomic mass is 9.96. The van der Waals surface area contributed by atoms with Gasteiger partial charge in [-0.25, -0.2) is 4.98 Å². The first kappa shape index (κ1) is 15.7. The van der Waals surface area contributed by atoms with Crippen LogP contribution in [-0.2, 0) is 13.0 Å². The molecule has 0 bridgehead atoms. The Morgan fingerprint density at radius 1 is 1.21 bits per heavy atom. The summed E-state index contributed by atoms with van der Waals surface area (Å²) in [6, 6.07) is 0. The molecular weight excluding hydrogens is 322 g/mol. The maximum Gasteiger partial charge on any atom is 0.265 e. The van der Waals surface area contributed by atoms with Crippen molar-refractivity contribution in [1.29, 1.82) is 0 Å². The van der Waals surface area contributed by atoms with Crippen LogP contribution in [0.15, 0.2) is 5.51 Å². The molecule has 4 rings (SSSR count). The molecular formula is C17H23N5OS. The first-order valence-electron chi connectivity index (χ1n) is 8.85. The number of rotatable bonds is 2. The first-order valence-corrected chi connectivity index (χ1v) is 9.73. The normalized spacial score (nSPS) is 21.4. The third-order valence-electron chi connectivity index (χ3n) is 5.15. The fraction of sp³-hybridized carbons (Fsp3) is 0.647. The Morgan fingerprint density at radius 2 is 2.12 bits per heavy atom. The van der Waals surface area contributed by atoms with Gasteiger partial charge in [-0.2, -0.15) is 0 Å². The Bertz CT molecular complexity index is 737. The highest BCUT2D eigenvalue weighted by Crippen LogP contribution is 2.29. The number of aryl methyl sites for hydroxylation is 2. The second-order valence-electron chi connectivity index (χ2n) is 6.79. The number of hydrogen-bond donors (Lipinski definition) is 0. The molecule has 0 aromatic carbocycles. The molecule has 128 valence electrons. The fourth-order valence-electron chi connectivity index (χ4n) is 3.83. The fourth-order valence-corrected chi connectivity index (χ4v) is 4.60. The predicted molar refractivity (Wildman–Crippen MR) is 92.3 cm³/mol. The zero-order valence-corrected chi connectivity index (χ0v) is 14.9. The van der Waals surface area contributed by atoms with E-state index in [2.05, 4.69) is 19.7 Å². The van der Waals surface area contributed by atoms with Gasteiger partial charge in [-0.05, 0) is 32.6 Å². The molecule has 1 amide bonds. The second kappa shape index (κ2) is 6.63. The maximum absolute atomic E-state index is 12.8. The molecule has 2 aromatic rings. The molecule has 6 nitrogen and oxygen atoms in total. The third kappa shape index (κ3) is 2.85. The third-order valence-corrected chi connectivity index (χ3v) is 6.07. The van der Waals surface area contributed by atoms with Gasteiger partial charge in [-0.1, -0.05) is 6.42 Å². The molecule has 1 fully saturated rings. The number of hydrogen-bond acceptors (Lipinski definition) is 5. The van der Waals surface area contributed by atoms with Crippen LogP contribution in [0, 0.1) is 6.92 Å². The summed E-state index contributed by atoms with van der Waals surface area (Å²) in [4.78, 5) is 19.8. The van der Waals surface area contributed by atoms with Crippen molar-refractivity contribution in [3.05, 3.63) is 27.7 Å². The molecule has 0 radical (unpaired) electrons. The minimum atomic E-state index is 0.121. The van der Waals surface area contributed by atoms with Crippen LogP contribution in [0.4, 0.5) is 0 Å². The van der Waals surface area contributed by atoms with Gasteiger partial charge in [0.15, 0.2) is 0 Å². The average Bonchev–Trinajstić information content (AvgIpc) is 3.14. The molecule has 0 saturated carbocycles. The predicted octanol–water partition coefficient (Wildman–Crippen LogP) is 2.79. The molecule has 24 heavy (non-hydrogen) atoms. The lowest BCUT2D eigenvalue weighted by Gasteiger charge is -2.32. The van der Waals surface area contributed by atoms with E-state index in [4.69, 9.17) is 0 Å². The van der Waals surface area contributed by atoms with Crippen LogP contribution in [-0.4, -0.2) is 43.6 Å². The standard InChI is InChI=1S/C17H23N5OS/c1-12-15(24-11-18-12)17(23)21-8-5-6-13(10-21)16-20-19-14-7-3-2-4-9-22(14)16/h11,13H,2-10H2,1H3. The highest BCUT2D eigenvalue weighted by atomic mass is 32.1. The molecule has 0 N–H and O–H groups in total. The van der Waals surface area contributed by atoms with Crippen molar-refractivity contribution in [3.8, 4) is 0 Å². The molecule has 0 aliphatic carbocycles. The number of carbonyl (C=O) groups is 1. The molecule has 2 aromatic heterocycles. The molecule has 1 unspecified atom stereocenters. The summed E-state index contributed by atoms with van der Waals surface area (Å²) in [7, 11) is 0. The topological polar surface area (TPSA) is 63.9 Å². The van der Waals surface area contributed by atoms with Gasteiger partial charge in [-0.3, -0.25) is 4.79 Å². The number of aromatic nitrogens is 4. The Balaban J connectivity index is 1.54. The van der Waals surface area contributed by atoms with Crippen LogP contribution in [0.3, 0.4) is 0 Å². The van der Waals surface area contributed by atoms with E-state index < -0.39 is 0 Å². The van der Waals surface area contributed by atoms with Crippen molar-refractivity contribution in [1.82, 2.24) is 24.6 Å². The summed E-state index contributed by atoms with van der Waals surface area (Å²) >= 11 is 1.44. The van der Waals surface area contributed by atoms with E-state index in [0.717, 1.165) is 61.1 Å². The quantitative estimate of drug-likeness (QED) is 0.839. The SMILES string of the molecule is Cc1ncsc1C(=O)N1CCCC(c2nnc3n2CCCCC3)C1. The van der Waals surface area contributed by atoms with E-state index in [9.17, 15) is 4.79 Å². The Kier molecular flexibility index (Phi) is 4.35. The van der Waals surface area contributed by atoms with Crippen LogP contribution in [0.5, 0.6) is 0 Å². The van der Waals surface area contributed by atoms with Gasteiger partial charge in [-0.15, -0.1) is 21.5 Å². The van der Waals surface area contributed by atoms with Crippen molar-refractivity contribution in [2.45, 2.75) is 57.9 Å². The summed E-state index contributed by atoms with van der Waals surface area (Å²) in [5.41, 5.74) is 2.59. The number of fused-ring (bicyclic) bond motifs is 1.